The Labute approximate surface area is 130 Å². The van der Waals surface area contributed by atoms with Gasteiger partial charge in [-0.05, 0) is 37.5 Å². The summed E-state index contributed by atoms with van der Waals surface area (Å²) in [5.41, 5.74) is 4.18. The number of piperidine rings is 1. The molecule has 1 radical (unpaired) electrons. The molecule has 3 nitrogen and oxygen atoms in total. The van der Waals surface area contributed by atoms with Crippen LogP contribution in [0.15, 0.2) is 48.7 Å². The molecule has 0 atom stereocenters. The van der Waals surface area contributed by atoms with Gasteiger partial charge < -0.3 is 4.90 Å². The zero-order valence-electron chi connectivity index (χ0n) is 12.5. The molecule has 0 amide bonds. The van der Waals surface area contributed by atoms with Gasteiger partial charge in [-0.1, -0.05) is 24.3 Å². The van der Waals surface area contributed by atoms with Gasteiger partial charge in [0, 0.05) is 30.4 Å². The standard InChI is InChI=1S/C19H18N3/c1-4-12-22(13-5-1)19-10-11-20-14-16(19)18-9-8-15-6-2-3-7-17(15)21-18/h2-3,6-11H,1,4-5,12-13H2. The van der Waals surface area contributed by atoms with Crippen LogP contribution in [-0.2, 0) is 0 Å². The number of rotatable bonds is 2. The molecule has 1 saturated heterocycles. The highest BCUT2D eigenvalue weighted by molar-refractivity contribution is 5.84. The van der Waals surface area contributed by atoms with Gasteiger partial charge in [0.1, 0.15) is 6.20 Å². The lowest BCUT2D eigenvalue weighted by atomic mass is 10.1. The van der Waals surface area contributed by atoms with Crippen molar-refractivity contribution in [3.05, 3.63) is 54.9 Å². The van der Waals surface area contributed by atoms with Gasteiger partial charge in [-0.2, -0.15) is 0 Å². The Hall–Kier alpha value is -2.42. The van der Waals surface area contributed by atoms with Crippen LogP contribution in [0.2, 0.25) is 0 Å². The Morgan fingerprint density at radius 1 is 0.909 bits per heavy atom. The monoisotopic (exact) mass is 288 g/mol. The van der Waals surface area contributed by atoms with Crippen LogP contribution < -0.4 is 4.90 Å². The van der Waals surface area contributed by atoms with Crippen molar-refractivity contribution >= 4 is 16.6 Å². The molecular formula is C19H18N3. The number of benzene rings is 1. The van der Waals surface area contributed by atoms with Gasteiger partial charge in [-0.15, -0.1) is 0 Å². The molecule has 1 fully saturated rings. The third kappa shape index (κ3) is 2.43. The maximum atomic E-state index is 4.80. The van der Waals surface area contributed by atoms with E-state index in [0.29, 0.717) is 0 Å². The molecule has 4 rings (SSSR count). The minimum atomic E-state index is 0.951. The van der Waals surface area contributed by atoms with Crippen molar-refractivity contribution < 1.29 is 0 Å². The summed E-state index contributed by atoms with van der Waals surface area (Å²) < 4.78 is 0. The molecule has 3 heteroatoms. The van der Waals surface area contributed by atoms with Crippen molar-refractivity contribution in [1.82, 2.24) is 9.97 Å². The van der Waals surface area contributed by atoms with Crippen LogP contribution >= 0.6 is 0 Å². The molecular weight excluding hydrogens is 270 g/mol. The summed E-state index contributed by atoms with van der Waals surface area (Å²) in [4.78, 5) is 11.4. The van der Waals surface area contributed by atoms with E-state index in [4.69, 9.17) is 4.98 Å². The second kappa shape index (κ2) is 5.76. The fourth-order valence-corrected chi connectivity index (χ4v) is 3.14. The average molecular weight is 288 g/mol. The molecule has 1 aromatic carbocycles. The van der Waals surface area contributed by atoms with Gasteiger partial charge in [0.05, 0.1) is 16.8 Å². The van der Waals surface area contributed by atoms with Crippen molar-refractivity contribution in [1.29, 1.82) is 0 Å². The number of anilines is 1. The van der Waals surface area contributed by atoms with E-state index in [1.165, 1.54) is 24.9 Å². The molecule has 0 N–H and O–H groups in total. The topological polar surface area (TPSA) is 29.0 Å². The predicted molar refractivity (Wildman–Crippen MR) is 89.9 cm³/mol. The van der Waals surface area contributed by atoms with Crippen LogP contribution in [-0.4, -0.2) is 23.1 Å². The van der Waals surface area contributed by atoms with E-state index in [0.717, 1.165) is 35.2 Å². The second-order valence-corrected chi connectivity index (χ2v) is 5.75. The van der Waals surface area contributed by atoms with E-state index in [1.807, 2.05) is 18.3 Å². The van der Waals surface area contributed by atoms with Crippen LogP contribution in [0.4, 0.5) is 5.69 Å². The normalized spacial score (nSPS) is 15.2. The van der Waals surface area contributed by atoms with Gasteiger partial charge in [0.2, 0.25) is 0 Å². The maximum Gasteiger partial charge on any atom is 0.101 e. The zero-order valence-corrected chi connectivity index (χ0v) is 12.5. The predicted octanol–water partition coefficient (Wildman–Crippen LogP) is 4.09. The summed E-state index contributed by atoms with van der Waals surface area (Å²) >= 11 is 0. The molecule has 0 aliphatic carbocycles. The van der Waals surface area contributed by atoms with Crippen LogP contribution in [0.25, 0.3) is 22.2 Å². The first-order chi connectivity index (χ1) is 10.9. The molecule has 1 aliphatic rings. The first-order valence-electron chi connectivity index (χ1n) is 7.90. The lowest BCUT2D eigenvalue weighted by Crippen LogP contribution is -2.29. The first-order valence-corrected chi connectivity index (χ1v) is 7.90. The van der Waals surface area contributed by atoms with Gasteiger partial charge in [0.15, 0.2) is 0 Å². The Bertz CT molecular complexity index is 791. The molecule has 1 aliphatic heterocycles. The minimum Gasteiger partial charge on any atom is -0.371 e. The van der Waals surface area contributed by atoms with E-state index in [2.05, 4.69) is 46.4 Å². The Morgan fingerprint density at radius 2 is 1.77 bits per heavy atom. The number of hydrogen-bond donors (Lipinski definition) is 0. The zero-order chi connectivity index (χ0) is 14.8. The lowest BCUT2D eigenvalue weighted by molar-refractivity contribution is 0.578. The Balaban J connectivity index is 1.80. The van der Waals surface area contributed by atoms with Crippen molar-refractivity contribution in [3.8, 4) is 11.3 Å². The van der Waals surface area contributed by atoms with Gasteiger partial charge in [0.25, 0.3) is 0 Å². The summed E-state index contributed by atoms with van der Waals surface area (Å²) in [6, 6.07) is 14.5. The maximum absolute atomic E-state index is 4.80. The van der Waals surface area contributed by atoms with Crippen LogP contribution in [0.3, 0.4) is 0 Å². The van der Waals surface area contributed by atoms with E-state index in [-0.39, 0.29) is 0 Å². The molecule has 0 bridgehead atoms. The highest BCUT2D eigenvalue weighted by atomic mass is 15.1. The lowest BCUT2D eigenvalue weighted by Gasteiger charge is -2.30. The minimum absolute atomic E-state index is 0.951. The van der Waals surface area contributed by atoms with Gasteiger partial charge >= 0.3 is 0 Å². The fourth-order valence-electron chi connectivity index (χ4n) is 3.14. The molecule has 109 valence electrons. The smallest absolute Gasteiger partial charge is 0.101 e. The van der Waals surface area contributed by atoms with Gasteiger partial charge in [-0.3, -0.25) is 4.98 Å². The second-order valence-electron chi connectivity index (χ2n) is 5.75. The number of pyridine rings is 2. The first kappa shape index (κ1) is 13.3. The molecule has 22 heavy (non-hydrogen) atoms. The summed E-state index contributed by atoms with van der Waals surface area (Å²) in [6.45, 7) is 2.22. The third-order valence-corrected chi connectivity index (χ3v) is 4.29. The molecule has 0 spiro atoms. The van der Waals surface area contributed by atoms with E-state index in [1.54, 1.807) is 0 Å². The summed E-state index contributed by atoms with van der Waals surface area (Å²) in [7, 11) is 0. The van der Waals surface area contributed by atoms with Crippen molar-refractivity contribution in [3.63, 3.8) is 0 Å². The van der Waals surface area contributed by atoms with E-state index in [9.17, 15) is 0 Å². The van der Waals surface area contributed by atoms with Crippen molar-refractivity contribution in [2.45, 2.75) is 19.3 Å². The molecule has 3 aromatic rings. The third-order valence-electron chi connectivity index (χ3n) is 4.29. The highest BCUT2D eigenvalue weighted by Gasteiger charge is 2.16. The van der Waals surface area contributed by atoms with Crippen molar-refractivity contribution in [2.24, 2.45) is 0 Å². The van der Waals surface area contributed by atoms with Gasteiger partial charge in [-0.25, -0.2) is 4.98 Å². The molecule has 0 saturated carbocycles. The Kier molecular flexibility index (Phi) is 3.47. The quantitative estimate of drug-likeness (QED) is 0.711. The van der Waals surface area contributed by atoms with Crippen LogP contribution in [0.5, 0.6) is 0 Å². The summed E-state index contributed by atoms with van der Waals surface area (Å²) in [6.07, 6.45) is 8.83. The average Bonchev–Trinajstić information content (AvgIpc) is 2.62. The molecule has 2 aromatic heterocycles. The number of para-hydroxylation sites is 1. The molecule has 0 unspecified atom stereocenters. The highest BCUT2D eigenvalue weighted by Crippen LogP contribution is 2.31. The van der Waals surface area contributed by atoms with E-state index < -0.39 is 0 Å². The SMILES string of the molecule is [c]1nccc(N2CCCCC2)c1-c1ccc2ccccc2n1. The fraction of sp³-hybridized carbons (Fsp3) is 0.263. The summed E-state index contributed by atoms with van der Waals surface area (Å²) in [5.74, 6) is 0. The van der Waals surface area contributed by atoms with Crippen LogP contribution in [0.1, 0.15) is 19.3 Å². The largest absolute Gasteiger partial charge is 0.371 e. The van der Waals surface area contributed by atoms with Crippen molar-refractivity contribution in [2.75, 3.05) is 18.0 Å². The number of fused-ring (bicyclic) bond motifs is 1. The number of aromatic nitrogens is 2. The number of hydrogen-bond acceptors (Lipinski definition) is 3. The number of nitrogens with zero attached hydrogens (tertiary/aromatic N) is 3. The molecule has 3 heterocycles. The Morgan fingerprint density at radius 3 is 2.68 bits per heavy atom. The van der Waals surface area contributed by atoms with E-state index >= 15 is 0 Å². The summed E-state index contributed by atoms with van der Waals surface area (Å²) in [5, 5.41) is 1.16. The van der Waals surface area contributed by atoms with Crippen LogP contribution in [0, 0.1) is 6.20 Å².